The standard InChI is InChI=1S/C8H11NO2/c10-8-11-7-6-9-4-2-1-3-5-9/h1-4,8H,5-7H2. The lowest BCUT2D eigenvalue weighted by Gasteiger charge is -2.19. The van der Waals surface area contributed by atoms with Crippen LogP contribution < -0.4 is 0 Å². The van der Waals surface area contributed by atoms with Crippen LogP contribution in [-0.2, 0) is 9.53 Å². The summed E-state index contributed by atoms with van der Waals surface area (Å²) < 4.78 is 4.56. The highest BCUT2D eigenvalue weighted by Crippen LogP contribution is 1.96. The van der Waals surface area contributed by atoms with Gasteiger partial charge in [-0.3, -0.25) is 4.79 Å². The van der Waals surface area contributed by atoms with E-state index in [1.165, 1.54) is 0 Å². The van der Waals surface area contributed by atoms with Gasteiger partial charge < -0.3 is 9.64 Å². The Labute approximate surface area is 65.9 Å². The second-order valence-corrected chi connectivity index (χ2v) is 2.23. The fourth-order valence-corrected chi connectivity index (χ4v) is 0.891. The van der Waals surface area contributed by atoms with Gasteiger partial charge in [0, 0.05) is 6.54 Å². The first kappa shape index (κ1) is 7.85. The van der Waals surface area contributed by atoms with Crippen molar-refractivity contribution in [2.45, 2.75) is 0 Å². The Morgan fingerprint density at radius 2 is 2.45 bits per heavy atom. The number of carbonyl (C=O) groups is 1. The molecular weight excluding hydrogens is 142 g/mol. The Bertz CT molecular complexity index is 175. The van der Waals surface area contributed by atoms with Crippen LogP contribution in [0.1, 0.15) is 0 Å². The molecule has 0 aromatic heterocycles. The van der Waals surface area contributed by atoms with Gasteiger partial charge in [-0.25, -0.2) is 0 Å². The van der Waals surface area contributed by atoms with Gasteiger partial charge in [0.05, 0.1) is 6.54 Å². The number of ether oxygens (including phenoxy) is 1. The van der Waals surface area contributed by atoms with Gasteiger partial charge in [0.1, 0.15) is 6.61 Å². The topological polar surface area (TPSA) is 29.5 Å². The number of carbonyl (C=O) groups excluding carboxylic acids is 1. The minimum atomic E-state index is 0.460. The molecule has 0 fully saturated rings. The fourth-order valence-electron chi connectivity index (χ4n) is 0.891. The van der Waals surface area contributed by atoms with Crippen LogP contribution in [0.25, 0.3) is 0 Å². The average Bonchev–Trinajstić information content (AvgIpc) is 2.07. The molecule has 0 saturated heterocycles. The molecule has 0 aromatic carbocycles. The van der Waals surface area contributed by atoms with Crippen molar-refractivity contribution in [3.05, 3.63) is 24.4 Å². The molecule has 0 N–H and O–H groups in total. The molecule has 3 nitrogen and oxygen atoms in total. The van der Waals surface area contributed by atoms with Crippen molar-refractivity contribution in [3.63, 3.8) is 0 Å². The van der Waals surface area contributed by atoms with Gasteiger partial charge in [-0.15, -0.1) is 0 Å². The van der Waals surface area contributed by atoms with Crippen molar-refractivity contribution in [2.24, 2.45) is 0 Å². The molecule has 1 aliphatic heterocycles. The van der Waals surface area contributed by atoms with Gasteiger partial charge >= 0.3 is 0 Å². The van der Waals surface area contributed by atoms with E-state index in [-0.39, 0.29) is 0 Å². The first-order valence-corrected chi connectivity index (χ1v) is 3.56. The van der Waals surface area contributed by atoms with E-state index >= 15 is 0 Å². The van der Waals surface area contributed by atoms with Crippen LogP contribution >= 0.6 is 0 Å². The van der Waals surface area contributed by atoms with Crippen LogP contribution in [-0.4, -0.2) is 31.1 Å². The molecule has 11 heavy (non-hydrogen) atoms. The summed E-state index contributed by atoms with van der Waals surface area (Å²) >= 11 is 0. The van der Waals surface area contributed by atoms with E-state index in [0.717, 1.165) is 13.1 Å². The smallest absolute Gasteiger partial charge is 0.293 e. The first-order valence-electron chi connectivity index (χ1n) is 3.56. The number of hydrogen-bond acceptors (Lipinski definition) is 3. The SMILES string of the molecule is O=COCCN1C=CC=CC1. The normalized spacial score (nSPS) is 15.1. The van der Waals surface area contributed by atoms with Crippen LogP contribution in [0.5, 0.6) is 0 Å². The van der Waals surface area contributed by atoms with E-state index in [1.54, 1.807) is 0 Å². The predicted octanol–water partition coefficient (Wildman–Crippen LogP) is 0.545. The lowest BCUT2D eigenvalue weighted by atomic mass is 10.3. The second-order valence-electron chi connectivity index (χ2n) is 2.23. The molecule has 0 atom stereocenters. The maximum Gasteiger partial charge on any atom is 0.293 e. The van der Waals surface area contributed by atoms with E-state index in [4.69, 9.17) is 0 Å². The Balaban J connectivity index is 2.12. The average molecular weight is 153 g/mol. The lowest BCUT2D eigenvalue weighted by Crippen LogP contribution is -2.23. The van der Waals surface area contributed by atoms with Crippen LogP contribution in [0.3, 0.4) is 0 Å². The summed E-state index contributed by atoms with van der Waals surface area (Å²) in [6, 6.07) is 0. The molecule has 0 bridgehead atoms. The van der Waals surface area contributed by atoms with Crippen molar-refractivity contribution >= 4 is 6.47 Å². The molecule has 1 aliphatic rings. The molecule has 0 aromatic rings. The van der Waals surface area contributed by atoms with Crippen LogP contribution in [0, 0.1) is 0 Å². The quantitative estimate of drug-likeness (QED) is 0.436. The van der Waals surface area contributed by atoms with Crippen LogP contribution in [0.4, 0.5) is 0 Å². The summed E-state index contributed by atoms with van der Waals surface area (Å²) in [4.78, 5) is 11.8. The number of rotatable bonds is 4. The van der Waals surface area contributed by atoms with E-state index in [1.807, 2.05) is 18.4 Å². The Kier molecular flexibility index (Phi) is 3.25. The molecule has 0 spiro atoms. The van der Waals surface area contributed by atoms with Gasteiger partial charge in [-0.2, -0.15) is 0 Å². The first-order chi connectivity index (χ1) is 5.43. The van der Waals surface area contributed by atoms with Crippen molar-refractivity contribution in [1.29, 1.82) is 0 Å². The zero-order valence-corrected chi connectivity index (χ0v) is 6.27. The van der Waals surface area contributed by atoms with E-state index in [0.29, 0.717) is 13.1 Å². The van der Waals surface area contributed by atoms with Crippen molar-refractivity contribution in [3.8, 4) is 0 Å². The summed E-state index contributed by atoms with van der Waals surface area (Å²) in [5, 5.41) is 0. The van der Waals surface area contributed by atoms with Gasteiger partial charge in [-0.1, -0.05) is 12.2 Å². The third kappa shape index (κ3) is 2.89. The third-order valence-electron chi connectivity index (χ3n) is 1.45. The lowest BCUT2D eigenvalue weighted by molar-refractivity contribution is -0.128. The van der Waals surface area contributed by atoms with Crippen molar-refractivity contribution in [1.82, 2.24) is 4.90 Å². The maximum absolute atomic E-state index is 9.77. The van der Waals surface area contributed by atoms with Crippen LogP contribution in [0.2, 0.25) is 0 Å². The van der Waals surface area contributed by atoms with Crippen molar-refractivity contribution in [2.75, 3.05) is 19.7 Å². The van der Waals surface area contributed by atoms with Gasteiger partial charge in [0.15, 0.2) is 0 Å². The zero-order valence-electron chi connectivity index (χ0n) is 6.27. The summed E-state index contributed by atoms with van der Waals surface area (Å²) in [6.45, 7) is 2.60. The molecule has 0 saturated carbocycles. The number of allylic oxidation sites excluding steroid dienone is 2. The summed E-state index contributed by atoms with van der Waals surface area (Å²) in [5.41, 5.74) is 0. The number of nitrogens with zero attached hydrogens (tertiary/aromatic N) is 1. The van der Waals surface area contributed by atoms with Gasteiger partial charge in [0.25, 0.3) is 6.47 Å². The van der Waals surface area contributed by atoms with E-state index < -0.39 is 0 Å². The molecule has 0 unspecified atom stereocenters. The Hall–Kier alpha value is -1.25. The summed E-state index contributed by atoms with van der Waals surface area (Å²) in [6.07, 6.45) is 8.00. The monoisotopic (exact) mass is 153 g/mol. The number of hydrogen-bond donors (Lipinski definition) is 0. The van der Waals surface area contributed by atoms with E-state index in [2.05, 4.69) is 15.7 Å². The molecule has 3 heteroatoms. The second kappa shape index (κ2) is 4.55. The zero-order chi connectivity index (χ0) is 7.94. The molecule has 1 rings (SSSR count). The Morgan fingerprint density at radius 1 is 1.55 bits per heavy atom. The third-order valence-corrected chi connectivity index (χ3v) is 1.45. The predicted molar refractivity (Wildman–Crippen MR) is 41.9 cm³/mol. The fraction of sp³-hybridized carbons (Fsp3) is 0.375. The summed E-state index contributed by atoms with van der Waals surface area (Å²) in [7, 11) is 0. The molecule has 1 heterocycles. The highest BCUT2D eigenvalue weighted by Gasteiger charge is 1.97. The maximum atomic E-state index is 9.77. The van der Waals surface area contributed by atoms with E-state index in [9.17, 15) is 4.79 Å². The van der Waals surface area contributed by atoms with Crippen molar-refractivity contribution < 1.29 is 9.53 Å². The Morgan fingerprint density at radius 3 is 3.09 bits per heavy atom. The van der Waals surface area contributed by atoms with Crippen LogP contribution in [0.15, 0.2) is 24.4 Å². The molecule has 60 valence electrons. The van der Waals surface area contributed by atoms with Gasteiger partial charge in [0.2, 0.25) is 0 Å². The largest absolute Gasteiger partial charge is 0.466 e. The summed E-state index contributed by atoms with van der Waals surface area (Å²) in [5.74, 6) is 0. The van der Waals surface area contributed by atoms with Gasteiger partial charge in [-0.05, 0) is 12.3 Å². The minimum absolute atomic E-state index is 0.460. The molecular formula is C8H11NO2. The molecule has 0 radical (unpaired) electrons. The molecule has 0 aliphatic carbocycles. The molecule has 0 amide bonds. The highest BCUT2D eigenvalue weighted by atomic mass is 16.5. The minimum Gasteiger partial charge on any atom is -0.466 e. The highest BCUT2D eigenvalue weighted by molar-refractivity contribution is 5.36.